The van der Waals surface area contributed by atoms with E-state index in [0.717, 1.165) is 44.7 Å². The molecule has 0 aliphatic carbocycles. The fourth-order valence-electron chi connectivity index (χ4n) is 4.40. The van der Waals surface area contributed by atoms with E-state index >= 15 is 0 Å². The Morgan fingerprint density at radius 1 is 1.00 bits per heavy atom. The number of amides is 1. The van der Waals surface area contributed by atoms with Gasteiger partial charge in [-0.3, -0.25) is 9.69 Å². The van der Waals surface area contributed by atoms with Crippen LogP contribution in [0.15, 0.2) is 42.6 Å². The van der Waals surface area contributed by atoms with Crippen molar-refractivity contribution in [3.63, 3.8) is 0 Å². The van der Waals surface area contributed by atoms with Crippen LogP contribution in [0.5, 0.6) is 0 Å². The molecule has 2 saturated heterocycles. The van der Waals surface area contributed by atoms with E-state index in [9.17, 15) is 18.0 Å². The van der Waals surface area contributed by atoms with Gasteiger partial charge in [0.05, 0.1) is 0 Å². The lowest BCUT2D eigenvalue weighted by molar-refractivity contribution is -0.141. The number of nitrogens with one attached hydrogen (secondary N) is 1. The predicted molar refractivity (Wildman–Crippen MR) is 115 cm³/mol. The molecule has 6 nitrogen and oxygen atoms in total. The number of hydrogen-bond acceptors (Lipinski definition) is 5. The third-order valence-corrected chi connectivity index (χ3v) is 6.26. The second-order valence-corrected chi connectivity index (χ2v) is 8.55. The maximum Gasteiger partial charge on any atom is 0.433 e. The second-order valence-electron chi connectivity index (χ2n) is 8.55. The minimum absolute atomic E-state index is 0.0520. The molecule has 0 unspecified atom stereocenters. The number of likely N-dealkylation sites (tertiary alicyclic amines) is 1. The van der Waals surface area contributed by atoms with Crippen LogP contribution < -0.4 is 10.2 Å². The van der Waals surface area contributed by atoms with Crippen LogP contribution in [0.2, 0.25) is 0 Å². The summed E-state index contributed by atoms with van der Waals surface area (Å²) in [6.07, 6.45) is -0.345. The summed E-state index contributed by atoms with van der Waals surface area (Å²) in [5.41, 5.74) is 0.354. The van der Waals surface area contributed by atoms with Gasteiger partial charge in [-0.2, -0.15) is 13.2 Å². The van der Waals surface area contributed by atoms with Crippen molar-refractivity contribution >= 4 is 11.9 Å². The van der Waals surface area contributed by atoms with Crippen molar-refractivity contribution in [2.75, 3.05) is 31.1 Å². The third-order valence-electron chi connectivity index (χ3n) is 6.26. The van der Waals surface area contributed by atoms with Crippen LogP contribution in [0.3, 0.4) is 0 Å². The summed E-state index contributed by atoms with van der Waals surface area (Å²) >= 11 is 0. The minimum atomic E-state index is -4.49. The highest BCUT2D eigenvalue weighted by molar-refractivity contribution is 5.79. The molecule has 1 aromatic heterocycles. The molecule has 1 N–H and O–H groups in total. The van der Waals surface area contributed by atoms with E-state index in [4.69, 9.17) is 0 Å². The molecule has 172 valence electrons. The fourth-order valence-corrected chi connectivity index (χ4v) is 4.40. The summed E-state index contributed by atoms with van der Waals surface area (Å²) in [5, 5.41) is 3.19. The van der Waals surface area contributed by atoms with Crippen LogP contribution in [0, 0.1) is 5.92 Å². The van der Waals surface area contributed by atoms with Gasteiger partial charge in [-0.05, 0) is 37.3 Å². The molecule has 2 aliphatic heterocycles. The summed E-state index contributed by atoms with van der Waals surface area (Å²) < 4.78 is 38.7. The van der Waals surface area contributed by atoms with Gasteiger partial charge in [0.25, 0.3) is 0 Å². The van der Waals surface area contributed by atoms with Gasteiger partial charge in [-0.15, -0.1) is 0 Å². The van der Waals surface area contributed by atoms with E-state index in [0.29, 0.717) is 25.9 Å². The molecule has 2 fully saturated rings. The Hall–Kier alpha value is -2.68. The van der Waals surface area contributed by atoms with Crippen molar-refractivity contribution < 1.29 is 18.0 Å². The first-order valence-electron chi connectivity index (χ1n) is 11.1. The van der Waals surface area contributed by atoms with Gasteiger partial charge < -0.3 is 10.2 Å². The standard InChI is InChI=1S/C23H28F3N5O/c24-23(25,26)20-6-11-27-22(29-20)31-14-7-18(8-15-31)21(32)28-19-9-12-30(13-10-19)16-17-4-2-1-3-5-17/h1-6,11,18-19H,7-10,12-16H2,(H,28,32). The number of carbonyl (C=O) groups is 1. The number of carbonyl (C=O) groups excluding carboxylic acids is 1. The first kappa shape index (κ1) is 22.5. The Bertz CT molecular complexity index is 892. The van der Waals surface area contributed by atoms with Crippen molar-refractivity contribution in [1.82, 2.24) is 20.2 Å². The highest BCUT2D eigenvalue weighted by atomic mass is 19.4. The summed E-state index contributed by atoms with van der Waals surface area (Å²) in [6.45, 7) is 3.76. The number of rotatable bonds is 5. The summed E-state index contributed by atoms with van der Waals surface area (Å²) in [4.78, 5) is 24.5. The first-order chi connectivity index (χ1) is 15.4. The Morgan fingerprint density at radius 2 is 1.69 bits per heavy atom. The van der Waals surface area contributed by atoms with Crippen molar-refractivity contribution in [2.45, 2.75) is 44.4 Å². The average molecular weight is 448 g/mol. The summed E-state index contributed by atoms with van der Waals surface area (Å²) in [7, 11) is 0. The summed E-state index contributed by atoms with van der Waals surface area (Å²) in [5.74, 6) is -0.0000109. The van der Waals surface area contributed by atoms with Crippen molar-refractivity contribution in [1.29, 1.82) is 0 Å². The minimum Gasteiger partial charge on any atom is -0.353 e. The van der Waals surface area contributed by atoms with Crippen molar-refractivity contribution in [3.8, 4) is 0 Å². The molecule has 0 bridgehead atoms. The van der Waals surface area contributed by atoms with Crippen LogP contribution >= 0.6 is 0 Å². The molecule has 1 amide bonds. The number of hydrogen-bond donors (Lipinski definition) is 1. The van der Waals surface area contributed by atoms with Gasteiger partial charge >= 0.3 is 6.18 Å². The first-order valence-corrected chi connectivity index (χ1v) is 11.1. The van der Waals surface area contributed by atoms with Gasteiger partial charge in [-0.1, -0.05) is 30.3 Å². The predicted octanol–water partition coefficient (Wildman–Crippen LogP) is 3.49. The van der Waals surface area contributed by atoms with E-state index in [1.54, 1.807) is 4.90 Å². The van der Waals surface area contributed by atoms with E-state index in [2.05, 4.69) is 32.3 Å². The van der Waals surface area contributed by atoms with Crippen LogP contribution in [0.25, 0.3) is 0 Å². The third kappa shape index (κ3) is 5.76. The second kappa shape index (κ2) is 9.85. The maximum atomic E-state index is 12.9. The zero-order chi connectivity index (χ0) is 22.6. The van der Waals surface area contributed by atoms with Gasteiger partial charge in [0.1, 0.15) is 5.69 Å². The molecule has 32 heavy (non-hydrogen) atoms. The molecule has 2 aliphatic rings. The van der Waals surface area contributed by atoms with E-state index < -0.39 is 11.9 Å². The number of piperidine rings is 2. The largest absolute Gasteiger partial charge is 0.433 e. The van der Waals surface area contributed by atoms with Gasteiger partial charge in [0.2, 0.25) is 11.9 Å². The Morgan fingerprint density at radius 3 is 2.34 bits per heavy atom. The Balaban J connectivity index is 1.22. The van der Waals surface area contributed by atoms with Gasteiger partial charge in [0, 0.05) is 50.9 Å². The molecule has 2 aromatic rings. The molecule has 0 saturated carbocycles. The number of halogens is 3. The molecule has 1 aromatic carbocycles. The Kier molecular flexibility index (Phi) is 6.93. The number of anilines is 1. The molecular formula is C23H28F3N5O. The topological polar surface area (TPSA) is 61.4 Å². The van der Waals surface area contributed by atoms with E-state index in [1.807, 2.05) is 18.2 Å². The zero-order valence-electron chi connectivity index (χ0n) is 17.9. The molecule has 3 heterocycles. The molecule has 0 radical (unpaired) electrons. The molecule has 4 rings (SSSR count). The lowest BCUT2D eigenvalue weighted by Gasteiger charge is -2.35. The van der Waals surface area contributed by atoms with Crippen LogP contribution in [-0.4, -0.2) is 53.0 Å². The highest BCUT2D eigenvalue weighted by Gasteiger charge is 2.34. The molecule has 9 heteroatoms. The fraction of sp³-hybridized carbons (Fsp3) is 0.522. The average Bonchev–Trinajstić information content (AvgIpc) is 2.81. The number of aromatic nitrogens is 2. The van der Waals surface area contributed by atoms with Gasteiger partial charge in [-0.25, -0.2) is 9.97 Å². The number of benzene rings is 1. The SMILES string of the molecule is O=C(NC1CCN(Cc2ccccc2)CC1)C1CCN(c2nccc(C(F)(F)F)n2)CC1. The van der Waals surface area contributed by atoms with E-state index in [-0.39, 0.29) is 23.8 Å². The zero-order valence-corrected chi connectivity index (χ0v) is 17.9. The van der Waals surface area contributed by atoms with Crippen LogP contribution in [0.4, 0.5) is 19.1 Å². The highest BCUT2D eigenvalue weighted by Crippen LogP contribution is 2.29. The summed E-state index contributed by atoms with van der Waals surface area (Å²) in [6, 6.07) is 11.4. The molecule has 0 atom stereocenters. The lowest BCUT2D eigenvalue weighted by atomic mass is 9.95. The smallest absolute Gasteiger partial charge is 0.353 e. The van der Waals surface area contributed by atoms with Crippen LogP contribution in [0.1, 0.15) is 36.9 Å². The molecule has 0 spiro atoms. The maximum absolute atomic E-state index is 12.9. The normalized spacial score (nSPS) is 19.2. The lowest BCUT2D eigenvalue weighted by Crippen LogP contribution is -2.48. The number of alkyl halides is 3. The van der Waals surface area contributed by atoms with E-state index in [1.165, 1.54) is 5.56 Å². The van der Waals surface area contributed by atoms with Crippen molar-refractivity contribution in [3.05, 3.63) is 53.9 Å². The Labute approximate surface area is 185 Å². The molecular weight excluding hydrogens is 419 g/mol. The quantitative estimate of drug-likeness (QED) is 0.760. The van der Waals surface area contributed by atoms with Crippen LogP contribution in [-0.2, 0) is 17.5 Å². The monoisotopic (exact) mass is 447 g/mol. The number of nitrogens with zero attached hydrogens (tertiary/aromatic N) is 4. The van der Waals surface area contributed by atoms with Crippen molar-refractivity contribution in [2.24, 2.45) is 5.92 Å². The van der Waals surface area contributed by atoms with Gasteiger partial charge in [0.15, 0.2) is 0 Å².